The van der Waals surface area contributed by atoms with Crippen LogP contribution in [0.4, 0.5) is 15.8 Å². The number of benzene rings is 2. The normalized spacial score (nSPS) is 12.6. The number of fused-ring (bicyclic) bond motifs is 1. The number of likely N-dealkylation sites (N-methyl/N-ethyl adjacent to an activating group) is 1. The van der Waals surface area contributed by atoms with Gasteiger partial charge in [-0.1, -0.05) is 6.07 Å². The zero-order valence-electron chi connectivity index (χ0n) is 15.0. The Kier molecular flexibility index (Phi) is 6.11. The number of halogens is 2. The number of hydrogen-bond acceptors (Lipinski definition) is 3. The number of anilines is 2. The summed E-state index contributed by atoms with van der Waals surface area (Å²) in [6.45, 7) is 4.22. The summed E-state index contributed by atoms with van der Waals surface area (Å²) in [5, 5.41) is 5.50. The first-order valence-electron chi connectivity index (χ1n) is 8.89. The second kappa shape index (κ2) is 8.52. The summed E-state index contributed by atoms with van der Waals surface area (Å²) in [5.74, 6) is -1.10. The smallest absolute Gasteiger partial charge is 0.252 e. The molecule has 1 aliphatic heterocycles. The van der Waals surface area contributed by atoms with Gasteiger partial charge in [0, 0.05) is 41.9 Å². The van der Waals surface area contributed by atoms with E-state index < -0.39 is 11.7 Å². The molecule has 0 radical (unpaired) electrons. The highest BCUT2D eigenvalue weighted by Crippen LogP contribution is 2.30. The molecule has 2 aromatic carbocycles. The van der Waals surface area contributed by atoms with E-state index in [2.05, 4.69) is 38.4 Å². The van der Waals surface area contributed by atoms with Crippen LogP contribution < -0.4 is 15.5 Å². The summed E-state index contributed by atoms with van der Waals surface area (Å²) in [7, 11) is 0. The van der Waals surface area contributed by atoms with Gasteiger partial charge < -0.3 is 15.5 Å². The minimum Gasteiger partial charge on any atom is -0.371 e. The minimum atomic E-state index is -0.487. The molecule has 1 heterocycles. The number of amides is 2. The Balaban J connectivity index is 1.52. The van der Waals surface area contributed by atoms with Crippen molar-refractivity contribution in [1.29, 1.82) is 0 Å². The van der Waals surface area contributed by atoms with Gasteiger partial charge in [-0.05, 0) is 65.2 Å². The second-order valence-corrected chi connectivity index (χ2v) is 7.21. The second-order valence-electron chi connectivity index (χ2n) is 6.35. The molecule has 0 aromatic heterocycles. The van der Waals surface area contributed by atoms with Crippen LogP contribution in [-0.4, -0.2) is 31.4 Å². The number of carbonyl (C=O) groups is 2. The van der Waals surface area contributed by atoms with Crippen LogP contribution in [0.15, 0.2) is 40.9 Å². The first-order chi connectivity index (χ1) is 13.0. The lowest BCUT2D eigenvalue weighted by molar-refractivity contribution is -0.116. The van der Waals surface area contributed by atoms with E-state index in [0.717, 1.165) is 31.3 Å². The number of hydrogen-bond donors (Lipinski definition) is 2. The molecule has 0 bridgehead atoms. The van der Waals surface area contributed by atoms with Crippen molar-refractivity contribution in [2.75, 3.05) is 29.9 Å². The van der Waals surface area contributed by atoms with Gasteiger partial charge in [0.05, 0.1) is 5.56 Å². The molecule has 5 nitrogen and oxygen atoms in total. The Hall–Kier alpha value is -2.41. The number of nitrogens with zero attached hydrogens (tertiary/aromatic N) is 1. The minimum absolute atomic E-state index is 0.132. The molecule has 1 aliphatic rings. The molecule has 2 amide bonds. The fourth-order valence-electron chi connectivity index (χ4n) is 3.13. The molecule has 142 valence electrons. The third-order valence-corrected chi connectivity index (χ3v) is 5.24. The van der Waals surface area contributed by atoms with Crippen LogP contribution in [0.2, 0.25) is 0 Å². The molecule has 0 saturated heterocycles. The average molecular weight is 434 g/mol. The lowest BCUT2D eigenvalue weighted by Gasteiger charge is -2.17. The van der Waals surface area contributed by atoms with E-state index in [-0.39, 0.29) is 24.4 Å². The topological polar surface area (TPSA) is 61.4 Å². The zero-order valence-corrected chi connectivity index (χ0v) is 16.6. The third kappa shape index (κ3) is 4.66. The van der Waals surface area contributed by atoms with E-state index in [9.17, 15) is 14.0 Å². The van der Waals surface area contributed by atoms with Gasteiger partial charge in [-0.15, -0.1) is 0 Å². The van der Waals surface area contributed by atoms with Gasteiger partial charge in [0.2, 0.25) is 5.91 Å². The highest BCUT2D eigenvalue weighted by Gasteiger charge is 2.18. The molecule has 3 rings (SSSR count). The summed E-state index contributed by atoms with van der Waals surface area (Å²) in [6.07, 6.45) is 1.16. The molecule has 0 spiro atoms. The van der Waals surface area contributed by atoms with Crippen LogP contribution in [-0.2, 0) is 11.2 Å². The van der Waals surface area contributed by atoms with Gasteiger partial charge in [0.15, 0.2) is 0 Å². The first-order valence-corrected chi connectivity index (χ1v) is 9.68. The molecule has 2 aromatic rings. The summed E-state index contributed by atoms with van der Waals surface area (Å²) >= 11 is 3.22. The van der Waals surface area contributed by atoms with E-state index in [0.29, 0.717) is 4.47 Å². The number of nitrogens with one attached hydrogen (secondary N) is 2. The van der Waals surface area contributed by atoms with Crippen molar-refractivity contribution in [3.05, 3.63) is 57.8 Å². The fraction of sp³-hybridized carbons (Fsp3) is 0.300. The van der Waals surface area contributed by atoms with Crippen LogP contribution in [0.25, 0.3) is 0 Å². The molecule has 0 aliphatic carbocycles. The molecule has 7 heteroatoms. The number of carbonyl (C=O) groups excluding carboxylic acids is 2. The van der Waals surface area contributed by atoms with Crippen molar-refractivity contribution in [2.45, 2.75) is 19.8 Å². The molecule has 2 N–H and O–H groups in total. The van der Waals surface area contributed by atoms with Gasteiger partial charge in [-0.3, -0.25) is 9.59 Å². The van der Waals surface area contributed by atoms with Gasteiger partial charge >= 0.3 is 0 Å². The maximum atomic E-state index is 13.3. The summed E-state index contributed by atoms with van der Waals surface area (Å²) in [4.78, 5) is 26.5. The van der Waals surface area contributed by atoms with E-state index in [4.69, 9.17) is 0 Å². The maximum absolute atomic E-state index is 13.3. The Labute approximate surface area is 166 Å². The fourth-order valence-corrected chi connectivity index (χ4v) is 3.56. The van der Waals surface area contributed by atoms with E-state index >= 15 is 0 Å². The quantitative estimate of drug-likeness (QED) is 0.729. The highest BCUT2D eigenvalue weighted by molar-refractivity contribution is 9.10. The van der Waals surface area contributed by atoms with Crippen LogP contribution in [0.1, 0.15) is 29.3 Å². The van der Waals surface area contributed by atoms with Crippen LogP contribution in [0.5, 0.6) is 0 Å². The summed E-state index contributed by atoms with van der Waals surface area (Å²) in [5.41, 5.74) is 3.41. The standard InChI is InChI=1S/C20H21BrFN3O2/c1-2-25-10-8-13-3-5-15(12-18(13)25)24-19(26)7-9-23-20(27)16-11-14(22)4-6-17(16)21/h3-6,11-12H,2,7-10H2,1H3,(H,23,27)(H,24,26). The van der Waals surface area contributed by atoms with Gasteiger partial charge in [-0.2, -0.15) is 0 Å². The van der Waals surface area contributed by atoms with Gasteiger partial charge in [0.1, 0.15) is 5.82 Å². The predicted octanol–water partition coefficient (Wildman–Crippen LogP) is 3.73. The summed E-state index contributed by atoms with van der Waals surface area (Å²) < 4.78 is 13.8. The predicted molar refractivity (Wildman–Crippen MR) is 108 cm³/mol. The molecular formula is C20H21BrFN3O2. The Bertz CT molecular complexity index is 872. The van der Waals surface area contributed by atoms with Crippen LogP contribution in [0, 0.1) is 5.82 Å². The van der Waals surface area contributed by atoms with E-state index in [1.165, 1.54) is 23.4 Å². The van der Waals surface area contributed by atoms with E-state index in [1.807, 2.05) is 18.2 Å². The molecular weight excluding hydrogens is 413 g/mol. The number of rotatable bonds is 6. The lowest BCUT2D eigenvalue weighted by Crippen LogP contribution is -2.28. The monoisotopic (exact) mass is 433 g/mol. The molecule has 0 unspecified atom stereocenters. The van der Waals surface area contributed by atoms with E-state index in [1.54, 1.807) is 0 Å². The SMILES string of the molecule is CCN1CCc2ccc(NC(=O)CCNC(=O)c3cc(F)ccc3Br)cc21. The average Bonchev–Trinajstić information content (AvgIpc) is 3.06. The largest absolute Gasteiger partial charge is 0.371 e. The Morgan fingerprint density at radius 1 is 1.22 bits per heavy atom. The lowest BCUT2D eigenvalue weighted by atomic mass is 10.1. The van der Waals surface area contributed by atoms with Crippen LogP contribution >= 0.6 is 15.9 Å². The summed E-state index contributed by atoms with van der Waals surface area (Å²) in [6, 6.07) is 9.84. The van der Waals surface area contributed by atoms with Gasteiger partial charge in [0.25, 0.3) is 5.91 Å². The van der Waals surface area contributed by atoms with Crippen molar-refractivity contribution < 1.29 is 14.0 Å². The molecule has 0 fully saturated rings. The molecule has 0 saturated carbocycles. The van der Waals surface area contributed by atoms with Crippen molar-refractivity contribution >= 4 is 39.1 Å². The Morgan fingerprint density at radius 2 is 2.04 bits per heavy atom. The Morgan fingerprint density at radius 3 is 2.81 bits per heavy atom. The highest BCUT2D eigenvalue weighted by atomic mass is 79.9. The van der Waals surface area contributed by atoms with Gasteiger partial charge in [-0.25, -0.2) is 4.39 Å². The third-order valence-electron chi connectivity index (χ3n) is 4.55. The maximum Gasteiger partial charge on any atom is 0.252 e. The van der Waals surface area contributed by atoms with Crippen molar-refractivity contribution in [3.8, 4) is 0 Å². The van der Waals surface area contributed by atoms with Crippen molar-refractivity contribution in [1.82, 2.24) is 5.32 Å². The molecule has 0 atom stereocenters. The zero-order chi connectivity index (χ0) is 19.4. The molecule has 27 heavy (non-hydrogen) atoms. The van der Waals surface area contributed by atoms with Crippen molar-refractivity contribution in [3.63, 3.8) is 0 Å². The van der Waals surface area contributed by atoms with Crippen LogP contribution in [0.3, 0.4) is 0 Å². The first kappa shape index (κ1) is 19.4. The van der Waals surface area contributed by atoms with Crippen molar-refractivity contribution in [2.24, 2.45) is 0 Å².